The number of nitrogens with one attached hydrogen (secondary N) is 1. The number of rotatable bonds is 5. The van der Waals surface area contributed by atoms with Crippen molar-refractivity contribution in [1.29, 1.82) is 0 Å². The summed E-state index contributed by atoms with van der Waals surface area (Å²) in [5.74, 6) is 1.10. The van der Waals surface area contributed by atoms with Crippen LogP contribution in [0.2, 0.25) is 0 Å². The van der Waals surface area contributed by atoms with Gasteiger partial charge in [0.2, 0.25) is 0 Å². The van der Waals surface area contributed by atoms with Gasteiger partial charge in [-0.3, -0.25) is 4.40 Å². The molecule has 0 unspecified atom stereocenters. The first-order valence-electron chi connectivity index (χ1n) is 6.78. The zero-order valence-electron chi connectivity index (χ0n) is 12.5. The van der Waals surface area contributed by atoms with E-state index in [0.29, 0.717) is 0 Å². The normalized spacial score (nSPS) is 12.3. The lowest BCUT2D eigenvalue weighted by atomic mass is 9.96. The molecule has 2 aromatic rings. The molecule has 1 N–H and O–H groups in total. The lowest BCUT2D eigenvalue weighted by Crippen LogP contribution is -2.30. The van der Waals surface area contributed by atoms with Gasteiger partial charge in [0.1, 0.15) is 0 Å². The lowest BCUT2D eigenvalue weighted by molar-refractivity contribution is 0.417. The van der Waals surface area contributed by atoms with Gasteiger partial charge in [0.15, 0.2) is 10.8 Å². The average Bonchev–Trinajstić information content (AvgIpc) is 2.84. The minimum Gasteiger partial charge on any atom is -0.358 e. The topological polar surface area (TPSA) is 32.6 Å². The van der Waals surface area contributed by atoms with Crippen molar-refractivity contribution in [3.8, 4) is 0 Å². The standard InChI is InChI=1S/C14H24N4S/c1-6-15-9-11-12(17(5)10-14(2,3)4)16-13-18(11)7-8-19-13/h7-8,15H,6,9-10H2,1-5H3. The highest BCUT2D eigenvalue weighted by atomic mass is 32.1. The molecule has 0 amide bonds. The summed E-state index contributed by atoms with van der Waals surface area (Å²) in [5, 5.41) is 5.50. The van der Waals surface area contributed by atoms with Gasteiger partial charge in [0, 0.05) is 31.7 Å². The Kier molecular flexibility index (Phi) is 4.16. The van der Waals surface area contributed by atoms with Crippen LogP contribution in [-0.2, 0) is 6.54 Å². The Hall–Kier alpha value is -1.07. The zero-order chi connectivity index (χ0) is 14.0. The average molecular weight is 280 g/mol. The molecule has 5 heteroatoms. The summed E-state index contributed by atoms with van der Waals surface area (Å²) >= 11 is 1.69. The number of hydrogen-bond acceptors (Lipinski definition) is 4. The van der Waals surface area contributed by atoms with Crippen LogP contribution >= 0.6 is 11.3 Å². The third-order valence-electron chi connectivity index (χ3n) is 2.96. The van der Waals surface area contributed by atoms with Crippen LogP contribution < -0.4 is 10.2 Å². The highest BCUT2D eigenvalue weighted by Crippen LogP contribution is 2.26. The first kappa shape index (κ1) is 14.3. The predicted molar refractivity (Wildman–Crippen MR) is 83.2 cm³/mol. The number of thiazole rings is 1. The van der Waals surface area contributed by atoms with Crippen molar-refractivity contribution >= 4 is 22.1 Å². The smallest absolute Gasteiger partial charge is 0.195 e. The second-order valence-electron chi connectivity index (χ2n) is 6.13. The number of hydrogen-bond donors (Lipinski definition) is 1. The first-order chi connectivity index (χ1) is 8.92. The monoisotopic (exact) mass is 280 g/mol. The van der Waals surface area contributed by atoms with Crippen LogP contribution in [-0.4, -0.2) is 29.5 Å². The van der Waals surface area contributed by atoms with Crippen molar-refractivity contribution in [2.45, 2.75) is 34.2 Å². The second-order valence-corrected chi connectivity index (χ2v) is 7.01. The molecular formula is C14H24N4S. The SMILES string of the molecule is CCNCc1c(N(C)CC(C)(C)C)nc2sccn12. The summed E-state index contributed by atoms with van der Waals surface area (Å²) in [6, 6.07) is 0. The van der Waals surface area contributed by atoms with E-state index in [-0.39, 0.29) is 5.41 Å². The number of aromatic nitrogens is 2. The fraction of sp³-hybridized carbons (Fsp3) is 0.643. The van der Waals surface area contributed by atoms with Gasteiger partial charge in [0.05, 0.1) is 5.69 Å². The molecule has 2 rings (SSSR count). The summed E-state index contributed by atoms with van der Waals surface area (Å²) in [7, 11) is 2.13. The Morgan fingerprint density at radius 3 is 2.79 bits per heavy atom. The van der Waals surface area contributed by atoms with E-state index < -0.39 is 0 Å². The molecular weight excluding hydrogens is 256 g/mol. The van der Waals surface area contributed by atoms with Crippen molar-refractivity contribution in [3.63, 3.8) is 0 Å². The van der Waals surface area contributed by atoms with Crippen molar-refractivity contribution in [3.05, 3.63) is 17.3 Å². The molecule has 0 aliphatic rings. The van der Waals surface area contributed by atoms with Crippen LogP contribution in [0.1, 0.15) is 33.4 Å². The van der Waals surface area contributed by atoms with Crippen molar-refractivity contribution in [1.82, 2.24) is 14.7 Å². The van der Waals surface area contributed by atoms with Crippen LogP contribution in [0.3, 0.4) is 0 Å². The molecule has 0 fully saturated rings. The van der Waals surface area contributed by atoms with E-state index in [0.717, 1.165) is 30.4 Å². The number of anilines is 1. The number of imidazole rings is 1. The highest BCUT2D eigenvalue weighted by molar-refractivity contribution is 7.15. The van der Waals surface area contributed by atoms with Crippen LogP contribution in [0.15, 0.2) is 11.6 Å². The quantitative estimate of drug-likeness (QED) is 0.914. The Balaban J connectivity index is 2.32. The van der Waals surface area contributed by atoms with Crippen LogP contribution in [0, 0.1) is 5.41 Å². The third kappa shape index (κ3) is 3.28. The minimum atomic E-state index is 0.265. The van der Waals surface area contributed by atoms with Gasteiger partial charge >= 0.3 is 0 Å². The van der Waals surface area contributed by atoms with Gasteiger partial charge in [-0.2, -0.15) is 0 Å². The van der Waals surface area contributed by atoms with E-state index in [2.05, 4.69) is 60.9 Å². The lowest BCUT2D eigenvalue weighted by Gasteiger charge is -2.27. The first-order valence-corrected chi connectivity index (χ1v) is 7.66. The summed E-state index contributed by atoms with van der Waals surface area (Å²) < 4.78 is 2.20. The molecule has 0 aliphatic carbocycles. The molecule has 2 heterocycles. The van der Waals surface area contributed by atoms with Crippen LogP contribution in [0.5, 0.6) is 0 Å². The molecule has 0 radical (unpaired) electrons. The van der Waals surface area contributed by atoms with Crippen LogP contribution in [0.25, 0.3) is 4.96 Å². The molecule has 19 heavy (non-hydrogen) atoms. The van der Waals surface area contributed by atoms with E-state index >= 15 is 0 Å². The molecule has 2 aromatic heterocycles. The molecule has 0 aromatic carbocycles. The third-order valence-corrected chi connectivity index (χ3v) is 3.71. The summed E-state index contributed by atoms with van der Waals surface area (Å²) in [6.07, 6.45) is 2.11. The zero-order valence-corrected chi connectivity index (χ0v) is 13.3. The maximum Gasteiger partial charge on any atom is 0.195 e. The van der Waals surface area contributed by atoms with E-state index in [9.17, 15) is 0 Å². The molecule has 106 valence electrons. The summed E-state index contributed by atoms with van der Waals surface area (Å²) in [5.41, 5.74) is 1.52. The van der Waals surface area contributed by atoms with E-state index in [1.165, 1.54) is 5.69 Å². The molecule has 4 nitrogen and oxygen atoms in total. The molecule has 0 spiro atoms. The van der Waals surface area contributed by atoms with Gasteiger partial charge in [-0.25, -0.2) is 4.98 Å². The fourth-order valence-corrected chi connectivity index (χ4v) is 3.05. The maximum absolute atomic E-state index is 4.78. The predicted octanol–water partition coefficient (Wildman–Crippen LogP) is 2.99. The Labute approximate surface area is 119 Å². The van der Waals surface area contributed by atoms with E-state index in [1.54, 1.807) is 11.3 Å². The Morgan fingerprint density at radius 2 is 2.16 bits per heavy atom. The summed E-state index contributed by atoms with van der Waals surface area (Å²) in [6.45, 7) is 11.7. The van der Waals surface area contributed by atoms with Crippen molar-refractivity contribution in [2.75, 3.05) is 25.0 Å². The van der Waals surface area contributed by atoms with E-state index in [1.807, 2.05) is 0 Å². The van der Waals surface area contributed by atoms with Gasteiger partial charge in [-0.15, -0.1) is 11.3 Å². The molecule has 0 bridgehead atoms. The van der Waals surface area contributed by atoms with E-state index in [4.69, 9.17) is 4.98 Å². The minimum absolute atomic E-state index is 0.265. The number of fused-ring (bicyclic) bond motifs is 1. The maximum atomic E-state index is 4.78. The molecule has 0 aliphatic heterocycles. The van der Waals surface area contributed by atoms with Gasteiger partial charge in [0.25, 0.3) is 0 Å². The van der Waals surface area contributed by atoms with Crippen LogP contribution in [0.4, 0.5) is 5.82 Å². The Morgan fingerprint density at radius 1 is 1.42 bits per heavy atom. The second kappa shape index (κ2) is 5.51. The molecule has 0 atom stereocenters. The van der Waals surface area contributed by atoms with Gasteiger partial charge < -0.3 is 10.2 Å². The molecule has 0 saturated heterocycles. The largest absolute Gasteiger partial charge is 0.358 e. The van der Waals surface area contributed by atoms with Crippen molar-refractivity contribution in [2.24, 2.45) is 5.41 Å². The Bertz CT molecular complexity index is 535. The van der Waals surface area contributed by atoms with Gasteiger partial charge in [-0.1, -0.05) is 27.7 Å². The van der Waals surface area contributed by atoms with Crippen molar-refractivity contribution < 1.29 is 0 Å². The molecule has 0 saturated carbocycles. The fourth-order valence-electron chi connectivity index (χ4n) is 2.32. The highest BCUT2D eigenvalue weighted by Gasteiger charge is 2.20. The number of nitrogens with zero attached hydrogens (tertiary/aromatic N) is 3. The summed E-state index contributed by atoms with van der Waals surface area (Å²) in [4.78, 5) is 8.12. The van der Waals surface area contributed by atoms with Gasteiger partial charge in [-0.05, 0) is 12.0 Å².